The number of hydrogen-bond acceptors (Lipinski definition) is 5. The van der Waals surface area contributed by atoms with Crippen LogP contribution in [-0.4, -0.2) is 29.3 Å². The molecule has 0 spiro atoms. The zero-order valence-corrected chi connectivity index (χ0v) is 12.0. The molecule has 0 radical (unpaired) electrons. The largest absolute Gasteiger partial charge is 0.372 e. The molecule has 110 valence electrons. The van der Waals surface area contributed by atoms with Gasteiger partial charge in [0.25, 0.3) is 5.91 Å². The van der Waals surface area contributed by atoms with Crippen molar-refractivity contribution >= 4 is 17.3 Å². The van der Waals surface area contributed by atoms with Gasteiger partial charge in [-0.05, 0) is 55.6 Å². The Morgan fingerprint density at radius 2 is 1.86 bits per heavy atom. The van der Waals surface area contributed by atoms with Crippen molar-refractivity contribution in [3.63, 3.8) is 0 Å². The molecule has 6 nitrogen and oxygen atoms in total. The molecule has 1 aromatic carbocycles. The molecule has 0 bridgehead atoms. The van der Waals surface area contributed by atoms with Gasteiger partial charge in [-0.1, -0.05) is 5.16 Å². The lowest BCUT2D eigenvalue weighted by Crippen LogP contribution is -2.29. The third kappa shape index (κ3) is 3.04. The van der Waals surface area contributed by atoms with Crippen LogP contribution < -0.4 is 10.2 Å². The predicted molar refractivity (Wildman–Crippen MR) is 79.5 cm³/mol. The lowest BCUT2D eigenvalue weighted by atomic mass is 10.1. The highest BCUT2D eigenvalue weighted by molar-refractivity contribution is 6.03. The third-order valence-electron chi connectivity index (χ3n) is 3.71. The lowest BCUT2D eigenvalue weighted by Gasteiger charge is -2.28. The van der Waals surface area contributed by atoms with E-state index in [1.54, 1.807) is 6.92 Å². The standard InChI is InChI=1S/C15H18N4O2/c1-11-14(18-21-17-11)15(20)16-12-5-7-13(8-6-12)19-9-3-2-4-10-19/h5-8H,2-4,9-10H2,1H3,(H,16,20). The summed E-state index contributed by atoms with van der Waals surface area (Å²) in [5, 5.41) is 9.99. The molecule has 21 heavy (non-hydrogen) atoms. The first-order chi connectivity index (χ1) is 10.2. The number of nitrogens with zero attached hydrogens (tertiary/aromatic N) is 3. The van der Waals surface area contributed by atoms with Gasteiger partial charge in [0.15, 0.2) is 5.69 Å². The molecule has 2 aromatic rings. The summed E-state index contributed by atoms with van der Waals surface area (Å²) in [7, 11) is 0. The van der Waals surface area contributed by atoms with Gasteiger partial charge >= 0.3 is 0 Å². The Hall–Kier alpha value is -2.37. The first kappa shape index (κ1) is 13.6. The summed E-state index contributed by atoms with van der Waals surface area (Å²) in [6.07, 6.45) is 3.81. The fourth-order valence-corrected chi connectivity index (χ4v) is 2.54. The fraction of sp³-hybridized carbons (Fsp3) is 0.400. The zero-order chi connectivity index (χ0) is 14.7. The Kier molecular flexibility index (Phi) is 3.85. The number of carbonyl (C=O) groups is 1. The van der Waals surface area contributed by atoms with E-state index in [1.165, 1.54) is 24.9 Å². The summed E-state index contributed by atoms with van der Waals surface area (Å²) in [5.41, 5.74) is 2.64. The predicted octanol–water partition coefficient (Wildman–Crippen LogP) is 2.62. The van der Waals surface area contributed by atoms with Gasteiger partial charge < -0.3 is 10.2 Å². The summed E-state index contributed by atoms with van der Waals surface area (Å²) in [6, 6.07) is 7.89. The minimum atomic E-state index is -0.306. The summed E-state index contributed by atoms with van der Waals surface area (Å²) < 4.78 is 4.54. The van der Waals surface area contributed by atoms with E-state index in [2.05, 4.69) is 25.2 Å². The van der Waals surface area contributed by atoms with Crippen molar-refractivity contribution in [2.75, 3.05) is 23.3 Å². The molecular formula is C15H18N4O2. The summed E-state index contributed by atoms with van der Waals surface area (Å²) >= 11 is 0. The number of aryl methyl sites for hydroxylation is 1. The summed E-state index contributed by atoms with van der Waals surface area (Å²) in [5.74, 6) is -0.306. The summed E-state index contributed by atoms with van der Waals surface area (Å²) in [6.45, 7) is 3.90. The topological polar surface area (TPSA) is 71.3 Å². The van der Waals surface area contributed by atoms with Crippen LogP contribution in [0.25, 0.3) is 0 Å². The highest BCUT2D eigenvalue weighted by Gasteiger charge is 2.15. The number of carbonyl (C=O) groups excluding carboxylic acids is 1. The number of anilines is 2. The van der Waals surface area contributed by atoms with Crippen molar-refractivity contribution in [2.24, 2.45) is 0 Å². The van der Waals surface area contributed by atoms with Crippen LogP contribution in [0.3, 0.4) is 0 Å². The Balaban J connectivity index is 1.67. The van der Waals surface area contributed by atoms with Gasteiger partial charge in [0.2, 0.25) is 0 Å². The van der Waals surface area contributed by atoms with E-state index in [0.29, 0.717) is 5.69 Å². The van der Waals surface area contributed by atoms with Crippen LogP contribution >= 0.6 is 0 Å². The second-order valence-electron chi connectivity index (χ2n) is 5.25. The average molecular weight is 286 g/mol. The highest BCUT2D eigenvalue weighted by Crippen LogP contribution is 2.22. The maximum atomic E-state index is 12.0. The fourth-order valence-electron chi connectivity index (χ4n) is 2.54. The van der Waals surface area contributed by atoms with Crippen molar-refractivity contribution in [1.82, 2.24) is 10.3 Å². The molecule has 6 heteroatoms. The van der Waals surface area contributed by atoms with E-state index in [1.807, 2.05) is 24.3 Å². The maximum Gasteiger partial charge on any atom is 0.279 e. The Morgan fingerprint density at radius 3 is 2.48 bits per heavy atom. The van der Waals surface area contributed by atoms with Gasteiger partial charge in [0, 0.05) is 24.5 Å². The molecular weight excluding hydrogens is 268 g/mol. The highest BCUT2D eigenvalue weighted by atomic mass is 16.6. The number of benzene rings is 1. The van der Waals surface area contributed by atoms with Crippen LogP contribution in [0, 0.1) is 6.92 Å². The minimum Gasteiger partial charge on any atom is -0.372 e. The number of piperidine rings is 1. The molecule has 1 aliphatic rings. The Labute approximate surface area is 123 Å². The number of amides is 1. The molecule has 1 fully saturated rings. The van der Waals surface area contributed by atoms with Crippen LogP contribution in [0.15, 0.2) is 28.9 Å². The van der Waals surface area contributed by atoms with Crippen molar-refractivity contribution in [3.8, 4) is 0 Å². The SMILES string of the molecule is Cc1nonc1C(=O)Nc1ccc(N2CCCCC2)cc1. The van der Waals surface area contributed by atoms with Gasteiger partial charge in [-0.3, -0.25) is 4.79 Å². The first-order valence-corrected chi connectivity index (χ1v) is 7.19. The normalized spacial score (nSPS) is 15.0. The quantitative estimate of drug-likeness (QED) is 0.939. The molecule has 0 unspecified atom stereocenters. The molecule has 2 heterocycles. The molecule has 0 aliphatic carbocycles. The summed E-state index contributed by atoms with van der Waals surface area (Å²) in [4.78, 5) is 14.4. The zero-order valence-electron chi connectivity index (χ0n) is 12.0. The van der Waals surface area contributed by atoms with Gasteiger partial charge in [0.1, 0.15) is 5.69 Å². The molecule has 1 amide bonds. The van der Waals surface area contributed by atoms with Crippen LogP contribution in [0.5, 0.6) is 0 Å². The molecule has 3 rings (SSSR count). The third-order valence-corrected chi connectivity index (χ3v) is 3.71. The molecule has 1 aromatic heterocycles. The Morgan fingerprint density at radius 1 is 1.14 bits per heavy atom. The number of rotatable bonds is 3. The van der Waals surface area contributed by atoms with E-state index in [-0.39, 0.29) is 11.6 Å². The monoisotopic (exact) mass is 286 g/mol. The van der Waals surface area contributed by atoms with E-state index in [4.69, 9.17) is 0 Å². The van der Waals surface area contributed by atoms with Gasteiger partial charge in [-0.15, -0.1) is 0 Å². The lowest BCUT2D eigenvalue weighted by molar-refractivity contribution is 0.101. The van der Waals surface area contributed by atoms with Crippen molar-refractivity contribution in [2.45, 2.75) is 26.2 Å². The van der Waals surface area contributed by atoms with Crippen molar-refractivity contribution < 1.29 is 9.42 Å². The number of nitrogens with one attached hydrogen (secondary N) is 1. The van der Waals surface area contributed by atoms with Gasteiger partial charge in [-0.2, -0.15) is 0 Å². The second-order valence-corrected chi connectivity index (χ2v) is 5.25. The first-order valence-electron chi connectivity index (χ1n) is 7.19. The van der Waals surface area contributed by atoms with E-state index < -0.39 is 0 Å². The smallest absolute Gasteiger partial charge is 0.279 e. The Bertz CT molecular complexity index is 615. The van der Waals surface area contributed by atoms with E-state index >= 15 is 0 Å². The average Bonchev–Trinajstić information content (AvgIpc) is 2.95. The van der Waals surface area contributed by atoms with Crippen molar-refractivity contribution in [1.29, 1.82) is 0 Å². The number of hydrogen-bond donors (Lipinski definition) is 1. The number of aromatic nitrogens is 2. The van der Waals surface area contributed by atoms with Gasteiger partial charge in [-0.25, -0.2) is 4.63 Å². The molecule has 1 N–H and O–H groups in total. The van der Waals surface area contributed by atoms with Crippen LogP contribution in [0.1, 0.15) is 35.4 Å². The molecule has 0 saturated carbocycles. The molecule has 1 aliphatic heterocycles. The van der Waals surface area contributed by atoms with Crippen LogP contribution in [0.4, 0.5) is 11.4 Å². The second kappa shape index (κ2) is 5.95. The van der Waals surface area contributed by atoms with Gasteiger partial charge in [0.05, 0.1) is 0 Å². The van der Waals surface area contributed by atoms with E-state index in [9.17, 15) is 4.79 Å². The van der Waals surface area contributed by atoms with Crippen LogP contribution in [0.2, 0.25) is 0 Å². The van der Waals surface area contributed by atoms with Crippen molar-refractivity contribution in [3.05, 3.63) is 35.7 Å². The van der Waals surface area contributed by atoms with E-state index in [0.717, 1.165) is 18.8 Å². The molecule has 0 atom stereocenters. The maximum absolute atomic E-state index is 12.0. The van der Waals surface area contributed by atoms with Crippen LogP contribution in [-0.2, 0) is 0 Å². The molecule has 1 saturated heterocycles. The minimum absolute atomic E-state index is 0.218.